The summed E-state index contributed by atoms with van der Waals surface area (Å²) < 4.78 is 0. The van der Waals surface area contributed by atoms with Crippen molar-refractivity contribution in [1.82, 2.24) is 5.32 Å². The molecule has 0 aliphatic rings. The van der Waals surface area contributed by atoms with Crippen LogP contribution >= 0.6 is 23.4 Å². The first-order valence-corrected chi connectivity index (χ1v) is 7.99. The number of hydrogen-bond donors (Lipinski definition) is 2. The highest BCUT2D eigenvalue weighted by Gasteiger charge is 2.02. The van der Waals surface area contributed by atoms with Gasteiger partial charge in [0.1, 0.15) is 0 Å². The van der Waals surface area contributed by atoms with Crippen molar-refractivity contribution in [2.24, 2.45) is 0 Å². The van der Waals surface area contributed by atoms with Gasteiger partial charge >= 0.3 is 0 Å². The number of benzene rings is 2. The summed E-state index contributed by atoms with van der Waals surface area (Å²) in [5, 5.41) is 3.63. The van der Waals surface area contributed by atoms with E-state index in [2.05, 4.69) is 5.32 Å². The Morgan fingerprint density at radius 3 is 2.43 bits per heavy atom. The molecule has 0 aliphatic carbocycles. The number of amides is 1. The summed E-state index contributed by atoms with van der Waals surface area (Å²) >= 11 is 7.33. The number of anilines is 1. The normalized spacial score (nSPS) is 10.3. The van der Waals surface area contributed by atoms with Gasteiger partial charge in [0.25, 0.3) is 0 Å². The molecule has 1 amide bonds. The molecule has 0 fully saturated rings. The standard InChI is InChI=1S/C16H17ClN2OS/c17-13-3-1-12(2-4-13)9-10-19-16(20)11-21-15-7-5-14(18)6-8-15/h1-8H,9-11,18H2,(H,19,20). The number of nitrogens with one attached hydrogen (secondary N) is 1. The number of nitrogen functional groups attached to an aromatic ring is 1. The summed E-state index contributed by atoms with van der Waals surface area (Å²) in [6, 6.07) is 15.2. The predicted octanol–water partition coefficient (Wildman–Crippen LogP) is 3.37. The molecule has 0 aromatic heterocycles. The van der Waals surface area contributed by atoms with E-state index in [1.54, 1.807) is 0 Å². The van der Waals surface area contributed by atoms with Gasteiger partial charge in [-0.3, -0.25) is 4.79 Å². The molecule has 0 atom stereocenters. The molecule has 5 heteroatoms. The van der Waals surface area contributed by atoms with E-state index in [1.807, 2.05) is 48.5 Å². The fraction of sp³-hybridized carbons (Fsp3) is 0.188. The minimum atomic E-state index is 0.0331. The van der Waals surface area contributed by atoms with Crippen molar-refractivity contribution in [1.29, 1.82) is 0 Å². The summed E-state index contributed by atoms with van der Waals surface area (Å²) in [5.41, 5.74) is 7.50. The minimum absolute atomic E-state index is 0.0331. The Kier molecular flexibility index (Phi) is 5.96. The van der Waals surface area contributed by atoms with Crippen LogP contribution in [0.15, 0.2) is 53.4 Å². The fourth-order valence-corrected chi connectivity index (χ4v) is 2.62. The highest BCUT2D eigenvalue weighted by molar-refractivity contribution is 8.00. The number of nitrogens with two attached hydrogens (primary N) is 1. The molecule has 3 N–H and O–H groups in total. The summed E-state index contributed by atoms with van der Waals surface area (Å²) in [5.74, 6) is 0.440. The van der Waals surface area contributed by atoms with Gasteiger partial charge < -0.3 is 11.1 Å². The molecule has 0 saturated heterocycles. The molecule has 0 spiro atoms. The van der Waals surface area contributed by atoms with Crippen LogP contribution in [0.1, 0.15) is 5.56 Å². The van der Waals surface area contributed by atoms with Crippen molar-refractivity contribution < 1.29 is 4.79 Å². The minimum Gasteiger partial charge on any atom is -0.399 e. The summed E-state index contributed by atoms with van der Waals surface area (Å²) in [4.78, 5) is 12.8. The van der Waals surface area contributed by atoms with Crippen molar-refractivity contribution in [3.05, 3.63) is 59.1 Å². The molecule has 2 rings (SSSR count). The van der Waals surface area contributed by atoms with Crippen LogP contribution in [0.25, 0.3) is 0 Å². The van der Waals surface area contributed by atoms with E-state index >= 15 is 0 Å². The first-order valence-electron chi connectivity index (χ1n) is 6.63. The number of hydrogen-bond acceptors (Lipinski definition) is 3. The van der Waals surface area contributed by atoms with Gasteiger partial charge in [0.15, 0.2) is 0 Å². The van der Waals surface area contributed by atoms with Gasteiger partial charge in [-0.25, -0.2) is 0 Å². The monoisotopic (exact) mass is 320 g/mol. The Morgan fingerprint density at radius 2 is 1.76 bits per heavy atom. The van der Waals surface area contributed by atoms with Crippen LogP contribution < -0.4 is 11.1 Å². The van der Waals surface area contributed by atoms with Crippen molar-refractivity contribution in [2.75, 3.05) is 18.0 Å². The molecular weight excluding hydrogens is 304 g/mol. The smallest absolute Gasteiger partial charge is 0.230 e. The molecule has 3 nitrogen and oxygen atoms in total. The van der Waals surface area contributed by atoms with Crippen molar-refractivity contribution in [3.63, 3.8) is 0 Å². The third kappa shape index (κ3) is 5.69. The zero-order valence-electron chi connectivity index (χ0n) is 11.5. The zero-order chi connectivity index (χ0) is 15.1. The molecule has 0 heterocycles. The molecule has 0 unspecified atom stereocenters. The number of carbonyl (C=O) groups is 1. The lowest BCUT2D eigenvalue weighted by Gasteiger charge is -2.06. The first kappa shape index (κ1) is 15.7. The van der Waals surface area contributed by atoms with Gasteiger partial charge in [0.05, 0.1) is 5.75 Å². The van der Waals surface area contributed by atoms with Crippen LogP contribution in [0.5, 0.6) is 0 Å². The van der Waals surface area contributed by atoms with Crippen LogP contribution in [0, 0.1) is 0 Å². The van der Waals surface area contributed by atoms with Gasteiger partial charge in [-0.1, -0.05) is 23.7 Å². The summed E-state index contributed by atoms with van der Waals surface area (Å²) in [6.07, 6.45) is 0.801. The summed E-state index contributed by atoms with van der Waals surface area (Å²) in [7, 11) is 0. The Bertz CT molecular complexity index is 584. The van der Waals surface area contributed by atoms with Crippen molar-refractivity contribution >= 4 is 35.0 Å². The van der Waals surface area contributed by atoms with Gasteiger partial charge in [-0.05, 0) is 48.4 Å². The molecule has 0 saturated carbocycles. The molecule has 0 aliphatic heterocycles. The topological polar surface area (TPSA) is 55.1 Å². The predicted molar refractivity (Wildman–Crippen MR) is 89.7 cm³/mol. The second kappa shape index (κ2) is 7.96. The Labute approximate surface area is 133 Å². The SMILES string of the molecule is Nc1ccc(SCC(=O)NCCc2ccc(Cl)cc2)cc1. The van der Waals surface area contributed by atoms with E-state index in [4.69, 9.17) is 17.3 Å². The van der Waals surface area contributed by atoms with Crippen LogP contribution in [0.3, 0.4) is 0 Å². The van der Waals surface area contributed by atoms with Gasteiger partial charge in [0, 0.05) is 22.2 Å². The maximum Gasteiger partial charge on any atom is 0.230 e. The van der Waals surface area contributed by atoms with Gasteiger partial charge in [-0.2, -0.15) is 0 Å². The maximum atomic E-state index is 11.7. The molecular formula is C16H17ClN2OS. The molecule has 0 radical (unpaired) electrons. The average molecular weight is 321 g/mol. The quantitative estimate of drug-likeness (QED) is 0.634. The summed E-state index contributed by atoms with van der Waals surface area (Å²) in [6.45, 7) is 0.628. The van der Waals surface area contributed by atoms with Crippen LogP contribution in [0.2, 0.25) is 5.02 Å². The van der Waals surface area contributed by atoms with Crippen molar-refractivity contribution in [3.8, 4) is 0 Å². The highest BCUT2D eigenvalue weighted by Crippen LogP contribution is 2.18. The third-order valence-corrected chi connectivity index (χ3v) is 4.16. The zero-order valence-corrected chi connectivity index (χ0v) is 13.1. The molecule has 2 aromatic carbocycles. The molecule has 110 valence electrons. The third-order valence-electron chi connectivity index (χ3n) is 2.90. The van der Waals surface area contributed by atoms with E-state index in [0.29, 0.717) is 12.3 Å². The highest BCUT2D eigenvalue weighted by atomic mass is 35.5. The van der Waals surface area contributed by atoms with E-state index in [0.717, 1.165) is 27.6 Å². The van der Waals surface area contributed by atoms with Gasteiger partial charge in [0.2, 0.25) is 5.91 Å². The lowest BCUT2D eigenvalue weighted by Crippen LogP contribution is -2.27. The largest absolute Gasteiger partial charge is 0.399 e. The number of carbonyl (C=O) groups excluding carboxylic acids is 1. The number of rotatable bonds is 6. The lowest BCUT2D eigenvalue weighted by atomic mass is 10.1. The Hall–Kier alpha value is -1.65. The van der Waals surface area contributed by atoms with Crippen molar-refractivity contribution in [2.45, 2.75) is 11.3 Å². The van der Waals surface area contributed by atoms with Crippen LogP contribution in [-0.4, -0.2) is 18.2 Å². The second-order valence-electron chi connectivity index (χ2n) is 4.58. The fourth-order valence-electron chi connectivity index (χ4n) is 1.76. The molecule has 0 bridgehead atoms. The molecule has 2 aromatic rings. The maximum absolute atomic E-state index is 11.7. The van der Waals surface area contributed by atoms with Gasteiger partial charge in [-0.15, -0.1) is 11.8 Å². The van der Waals surface area contributed by atoms with Crippen LogP contribution in [0.4, 0.5) is 5.69 Å². The second-order valence-corrected chi connectivity index (χ2v) is 6.07. The number of thioether (sulfide) groups is 1. The average Bonchev–Trinajstić information content (AvgIpc) is 2.49. The Balaban J connectivity index is 1.67. The van der Waals surface area contributed by atoms with Crippen LogP contribution in [-0.2, 0) is 11.2 Å². The van der Waals surface area contributed by atoms with E-state index in [-0.39, 0.29) is 5.91 Å². The first-order chi connectivity index (χ1) is 10.1. The van der Waals surface area contributed by atoms with E-state index in [9.17, 15) is 4.79 Å². The number of halogens is 1. The lowest BCUT2D eigenvalue weighted by molar-refractivity contribution is -0.118. The van der Waals surface area contributed by atoms with E-state index in [1.165, 1.54) is 11.8 Å². The van der Waals surface area contributed by atoms with E-state index < -0.39 is 0 Å². The Morgan fingerprint density at radius 1 is 1.10 bits per heavy atom. The molecule has 21 heavy (non-hydrogen) atoms.